The second kappa shape index (κ2) is 5.37. The minimum atomic E-state index is -0.835. The quantitative estimate of drug-likeness (QED) is 0.818. The van der Waals surface area contributed by atoms with Gasteiger partial charge in [-0.25, -0.2) is 0 Å². The van der Waals surface area contributed by atoms with Gasteiger partial charge in [0.1, 0.15) is 0 Å². The third-order valence-corrected chi connectivity index (χ3v) is 3.63. The molecule has 0 amide bonds. The summed E-state index contributed by atoms with van der Waals surface area (Å²) in [4.78, 5) is 3.94. The van der Waals surface area contributed by atoms with E-state index in [4.69, 9.17) is 5.73 Å². The molecule has 1 heterocycles. The van der Waals surface area contributed by atoms with Crippen LogP contribution in [0.15, 0.2) is 24.5 Å². The predicted molar refractivity (Wildman–Crippen MR) is 64.1 cm³/mol. The first kappa shape index (κ1) is 12.3. The van der Waals surface area contributed by atoms with E-state index in [1.807, 2.05) is 26.0 Å². The molecule has 1 unspecified atom stereocenters. The van der Waals surface area contributed by atoms with Gasteiger partial charge in [0, 0.05) is 40.2 Å². The van der Waals surface area contributed by atoms with Crippen molar-refractivity contribution in [1.29, 1.82) is 0 Å². The molecule has 1 atom stereocenters. The largest absolute Gasteiger partial charge is 0.325 e. The van der Waals surface area contributed by atoms with Crippen molar-refractivity contribution in [2.75, 3.05) is 11.5 Å². The van der Waals surface area contributed by atoms with Gasteiger partial charge in [-0.1, -0.05) is 0 Å². The Morgan fingerprint density at radius 3 is 2.53 bits per heavy atom. The Balaban J connectivity index is 2.35. The fourth-order valence-electron chi connectivity index (χ4n) is 1.27. The standard InChI is InChI=1S/C11H18N2OS/c1-11(2,12)9-15(14)8-5-10-3-6-13-7-4-10/h3-4,6-7H,5,8-9,12H2,1-2H3. The molecule has 84 valence electrons. The first-order valence-corrected chi connectivity index (χ1v) is 6.49. The SMILES string of the molecule is CC(C)(N)CS(=O)CCc1ccncc1. The van der Waals surface area contributed by atoms with Crippen LogP contribution < -0.4 is 5.73 Å². The number of aryl methyl sites for hydroxylation is 1. The van der Waals surface area contributed by atoms with Crippen molar-refractivity contribution in [1.82, 2.24) is 4.98 Å². The van der Waals surface area contributed by atoms with Crippen molar-refractivity contribution in [2.45, 2.75) is 25.8 Å². The number of pyridine rings is 1. The Bertz CT molecular complexity index is 319. The van der Waals surface area contributed by atoms with Gasteiger partial charge in [-0.3, -0.25) is 9.19 Å². The molecule has 0 radical (unpaired) electrons. The Labute approximate surface area is 93.6 Å². The van der Waals surface area contributed by atoms with Crippen LogP contribution >= 0.6 is 0 Å². The summed E-state index contributed by atoms with van der Waals surface area (Å²) in [5.74, 6) is 1.22. The molecule has 15 heavy (non-hydrogen) atoms. The maximum Gasteiger partial charge on any atom is 0.0410 e. The highest BCUT2D eigenvalue weighted by molar-refractivity contribution is 7.85. The fraction of sp³-hybridized carbons (Fsp3) is 0.545. The van der Waals surface area contributed by atoms with E-state index < -0.39 is 10.8 Å². The molecule has 1 aromatic rings. The molecule has 0 saturated heterocycles. The molecule has 4 heteroatoms. The minimum Gasteiger partial charge on any atom is -0.325 e. The molecular weight excluding hydrogens is 208 g/mol. The summed E-state index contributed by atoms with van der Waals surface area (Å²) in [5, 5.41) is 0. The maximum atomic E-state index is 11.6. The van der Waals surface area contributed by atoms with E-state index in [-0.39, 0.29) is 5.54 Å². The Hall–Kier alpha value is -0.740. The van der Waals surface area contributed by atoms with Gasteiger partial charge < -0.3 is 5.73 Å². The Morgan fingerprint density at radius 1 is 1.40 bits per heavy atom. The molecule has 0 aliphatic carbocycles. The molecule has 0 saturated carbocycles. The van der Waals surface area contributed by atoms with E-state index in [0.717, 1.165) is 6.42 Å². The Kier molecular flexibility index (Phi) is 4.42. The summed E-state index contributed by atoms with van der Waals surface area (Å²) < 4.78 is 11.6. The number of nitrogens with two attached hydrogens (primary N) is 1. The minimum absolute atomic E-state index is 0.344. The lowest BCUT2D eigenvalue weighted by atomic mass is 10.1. The van der Waals surface area contributed by atoms with Crippen LogP contribution in [0.4, 0.5) is 0 Å². The second-order valence-electron chi connectivity index (χ2n) is 4.38. The third-order valence-electron chi connectivity index (χ3n) is 1.90. The van der Waals surface area contributed by atoms with Crippen LogP contribution in [-0.2, 0) is 17.2 Å². The van der Waals surface area contributed by atoms with E-state index in [2.05, 4.69) is 4.98 Å². The zero-order valence-electron chi connectivity index (χ0n) is 9.27. The van der Waals surface area contributed by atoms with Gasteiger partial charge in [0.15, 0.2) is 0 Å². The summed E-state index contributed by atoms with van der Waals surface area (Å²) in [7, 11) is -0.835. The lowest BCUT2D eigenvalue weighted by molar-refractivity contribution is 0.577. The van der Waals surface area contributed by atoms with Crippen LogP contribution in [0, 0.1) is 0 Å². The van der Waals surface area contributed by atoms with Gasteiger partial charge in [0.05, 0.1) is 0 Å². The van der Waals surface area contributed by atoms with Crippen LogP contribution in [0.25, 0.3) is 0 Å². The first-order valence-electron chi connectivity index (χ1n) is 5.00. The van der Waals surface area contributed by atoms with Gasteiger partial charge >= 0.3 is 0 Å². The van der Waals surface area contributed by atoms with Gasteiger partial charge in [-0.2, -0.15) is 0 Å². The molecule has 1 aromatic heterocycles. The fourth-order valence-corrected chi connectivity index (χ4v) is 2.71. The number of aromatic nitrogens is 1. The summed E-state index contributed by atoms with van der Waals surface area (Å²) in [6, 6.07) is 3.90. The highest BCUT2D eigenvalue weighted by Crippen LogP contribution is 2.03. The topological polar surface area (TPSA) is 56.0 Å². The molecule has 1 rings (SSSR count). The predicted octanol–water partition coefficient (Wildman–Crippen LogP) is 1.11. The van der Waals surface area contributed by atoms with Crippen molar-refractivity contribution in [3.63, 3.8) is 0 Å². The molecule has 0 aromatic carbocycles. The summed E-state index contributed by atoms with van der Waals surface area (Å²) >= 11 is 0. The summed E-state index contributed by atoms with van der Waals surface area (Å²) in [6.45, 7) is 3.80. The van der Waals surface area contributed by atoms with E-state index in [1.54, 1.807) is 12.4 Å². The van der Waals surface area contributed by atoms with Crippen molar-refractivity contribution >= 4 is 10.8 Å². The molecule has 0 aliphatic rings. The van der Waals surface area contributed by atoms with E-state index in [0.29, 0.717) is 11.5 Å². The molecule has 0 aliphatic heterocycles. The van der Waals surface area contributed by atoms with Gasteiger partial charge in [0.25, 0.3) is 0 Å². The number of rotatable bonds is 5. The molecule has 3 nitrogen and oxygen atoms in total. The van der Waals surface area contributed by atoms with E-state index >= 15 is 0 Å². The number of hydrogen-bond acceptors (Lipinski definition) is 3. The van der Waals surface area contributed by atoms with Crippen molar-refractivity contribution in [2.24, 2.45) is 5.73 Å². The molecule has 0 fully saturated rings. The lowest BCUT2D eigenvalue weighted by Crippen LogP contribution is -2.38. The Morgan fingerprint density at radius 2 is 2.00 bits per heavy atom. The van der Waals surface area contributed by atoms with Crippen LogP contribution in [0.2, 0.25) is 0 Å². The van der Waals surface area contributed by atoms with Gasteiger partial charge in [0.2, 0.25) is 0 Å². The van der Waals surface area contributed by atoms with E-state index in [9.17, 15) is 4.21 Å². The highest BCUT2D eigenvalue weighted by Gasteiger charge is 2.14. The summed E-state index contributed by atoms with van der Waals surface area (Å²) in [6.07, 6.45) is 4.33. The number of hydrogen-bond donors (Lipinski definition) is 1. The normalized spacial score (nSPS) is 13.8. The van der Waals surface area contributed by atoms with Gasteiger partial charge in [-0.15, -0.1) is 0 Å². The second-order valence-corrected chi connectivity index (χ2v) is 5.96. The lowest BCUT2D eigenvalue weighted by Gasteiger charge is -2.17. The first-order chi connectivity index (χ1) is 6.97. The molecule has 2 N–H and O–H groups in total. The third kappa shape index (κ3) is 5.64. The zero-order valence-corrected chi connectivity index (χ0v) is 10.1. The van der Waals surface area contributed by atoms with Crippen LogP contribution in [0.1, 0.15) is 19.4 Å². The smallest absolute Gasteiger partial charge is 0.0410 e. The molecule has 0 spiro atoms. The van der Waals surface area contributed by atoms with Crippen molar-refractivity contribution in [3.05, 3.63) is 30.1 Å². The number of nitrogens with zero attached hydrogens (tertiary/aromatic N) is 1. The van der Waals surface area contributed by atoms with Crippen LogP contribution in [0.5, 0.6) is 0 Å². The van der Waals surface area contributed by atoms with E-state index in [1.165, 1.54) is 5.56 Å². The zero-order chi connectivity index (χ0) is 11.3. The molecule has 0 bridgehead atoms. The summed E-state index contributed by atoms with van der Waals surface area (Å²) in [5.41, 5.74) is 6.63. The average molecular weight is 226 g/mol. The highest BCUT2D eigenvalue weighted by atomic mass is 32.2. The van der Waals surface area contributed by atoms with Gasteiger partial charge in [-0.05, 0) is 38.0 Å². The maximum absolute atomic E-state index is 11.6. The van der Waals surface area contributed by atoms with Crippen LogP contribution in [0.3, 0.4) is 0 Å². The van der Waals surface area contributed by atoms with Crippen LogP contribution in [-0.4, -0.2) is 26.2 Å². The van der Waals surface area contributed by atoms with Crippen molar-refractivity contribution in [3.8, 4) is 0 Å². The monoisotopic (exact) mass is 226 g/mol. The molecular formula is C11H18N2OS. The average Bonchev–Trinajstić information content (AvgIpc) is 2.14. The van der Waals surface area contributed by atoms with Crippen molar-refractivity contribution < 1.29 is 4.21 Å².